The number of likely N-dealkylation sites (N-methyl/N-ethyl adjacent to an activating group) is 2. The first kappa shape index (κ1) is 11.5. The largest absolute Gasteiger partial charge is 0.305 e. The van der Waals surface area contributed by atoms with Crippen LogP contribution >= 0.6 is 0 Å². The molecule has 0 aromatic heterocycles. The maximum absolute atomic E-state index is 11.8. The van der Waals surface area contributed by atoms with Crippen molar-refractivity contribution >= 4 is 11.8 Å². The number of hydrogen-bond acceptors (Lipinski definition) is 4. The molecule has 2 rings (SSSR count). The van der Waals surface area contributed by atoms with Crippen molar-refractivity contribution in [3.63, 3.8) is 0 Å². The van der Waals surface area contributed by atoms with Crippen molar-refractivity contribution in [2.45, 2.75) is 31.3 Å². The summed E-state index contributed by atoms with van der Waals surface area (Å²) < 4.78 is 0. The van der Waals surface area contributed by atoms with Crippen LogP contribution in [0.5, 0.6) is 0 Å². The number of amides is 2. The maximum Gasteiger partial charge on any atom is 0.246 e. The molecular formula is C11H19N3O2. The fourth-order valence-corrected chi connectivity index (χ4v) is 2.43. The van der Waals surface area contributed by atoms with E-state index in [1.807, 2.05) is 0 Å². The van der Waals surface area contributed by atoms with Crippen LogP contribution in [0.25, 0.3) is 0 Å². The fraction of sp³-hybridized carbons (Fsp3) is 0.818. The van der Waals surface area contributed by atoms with E-state index >= 15 is 0 Å². The second-order valence-electron chi connectivity index (χ2n) is 4.80. The zero-order valence-corrected chi connectivity index (χ0v) is 9.90. The van der Waals surface area contributed by atoms with Gasteiger partial charge in [-0.05, 0) is 26.4 Å². The van der Waals surface area contributed by atoms with Crippen molar-refractivity contribution in [3.05, 3.63) is 0 Å². The average molecular weight is 225 g/mol. The van der Waals surface area contributed by atoms with Crippen LogP contribution in [-0.4, -0.2) is 60.9 Å². The predicted molar refractivity (Wildman–Crippen MR) is 59.8 cm³/mol. The molecular weight excluding hydrogens is 206 g/mol. The summed E-state index contributed by atoms with van der Waals surface area (Å²) in [5.74, 6) is -0.141. The van der Waals surface area contributed by atoms with Gasteiger partial charge in [0.15, 0.2) is 0 Å². The van der Waals surface area contributed by atoms with Gasteiger partial charge >= 0.3 is 0 Å². The lowest BCUT2D eigenvalue weighted by atomic mass is 10.0. The highest BCUT2D eigenvalue weighted by atomic mass is 16.2. The molecule has 0 bridgehead atoms. The lowest BCUT2D eigenvalue weighted by Crippen LogP contribution is -2.54. The molecule has 0 aromatic rings. The maximum atomic E-state index is 11.8. The molecule has 2 fully saturated rings. The lowest BCUT2D eigenvalue weighted by Gasteiger charge is -2.30. The lowest BCUT2D eigenvalue weighted by molar-refractivity contribution is -0.148. The van der Waals surface area contributed by atoms with Gasteiger partial charge in [-0.3, -0.25) is 14.5 Å². The summed E-state index contributed by atoms with van der Waals surface area (Å²) in [4.78, 5) is 26.6. The van der Waals surface area contributed by atoms with Gasteiger partial charge in [0.2, 0.25) is 11.8 Å². The van der Waals surface area contributed by atoms with E-state index in [2.05, 4.69) is 17.3 Å². The Morgan fingerprint density at radius 3 is 2.62 bits per heavy atom. The van der Waals surface area contributed by atoms with Crippen molar-refractivity contribution in [3.8, 4) is 0 Å². The number of nitrogens with one attached hydrogen (secondary N) is 1. The molecule has 1 N–H and O–H groups in total. The fourth-order valence-electron chi connectivity index (χ4n) is 2.43. The SMILES string of the molecule is CN1CCC(NC2CCC(=O)N(C)C2=O)C1. The minimum atomic E-state index is -0.167. The van der Waals surface area contributed by atoms with Gasteiger partial charge < -0.3 is 10.2 Å². The van der Waals surface area contributed by atoms with Crippen LogP contribution in [0.2, 0.25) is 0 Å². The summed E-state index contributed by atoms with van der Waals surface area (Å²) >= 11 is 0. The van der Waals surface area contributed by atoms with Crippen LogP contribution in [0.3, 0.4) is 0 Å². The van der Waals surface area contributed by atoms with Gasteiger partial charge in [0.1, 0.15) is 0 Å². The number of nitrogens with zero attached hydrogens (tertiary/aromatic N) is 2. The Balaban J connectivity index is 1.90. The van der Waals surface area contributed by atoms with Crippen LogP contribution in [0.1, 0.15) is 19.3 Å². The molecule has 0 aromatic carbocycles. The van der Waals surface area contributed by atoms with Gasteiger partial charge in [0.05, 0.1) is 6.04 Å². The summed E-state index contributed by atoms with van der Waals surface area (Å²) in [5.41, 5.74) is 0. The third-order valence-corrected chi connectivity index (χ3v) is 3.48. The summed E-state index contributed by atoms with van der Waals surface area (Å²) in [6, 6.07) is 0.222. The van der Waals surface area contributed by atoms with Crippen molar-refractivity contribution in [2.75, 3.05) is 27.2 Å². The van der Waals surface area contributed by atoms with Crippen LogP contribution < -0.4 is 5.32 Å². The molecule has 0 radical (unpaired) electrons. The molecule has 2 saturated heterocycles. The first-order valence-electron chi connectivity index (χ1n) is 5.83. The Hall–Kier alpha value is -0.940. The Morgan fingerprint density at radius 1 is 1.25 bits per heavy atom. The van der Waals surface area contributed by atoms with E-state index in [1.165, 1.54) is 4.90 Å². The summed E-state index contributed by atoms with van der Waals surface area (Å²) in [6.07, 6.45) is 2.20. The van der Waals surface area contributed by atoms with Crippen molar-refractivity contribution in [1.82, 2.24) is 15.1 Å². The molecule has 2 aliphatic rings. The zero-order valence-electron chi connectivity index (χ0n) is 9.90. The third-order valence-electron chi connectivity index (χ3n) is 3.48. The van der Waals surface area contributed by atoms with Gasteiger partial charge in [-0.2, -0.15) is 0 Å². The summed E-state index contributed by atoms with van der Waals surface area (Å²) in [6.45, 7) is 2.06. The number of carbonyl (C=O) groups is 2. The Labute approximate surface area is 95.8 Å². The van der Waals surface area contributed by atoms with E-state index in [0.717, 1.165) is 19.5 Å². The second-order valence-corrected chi connectivity index (χ2v) is 4.80. The highest BCUT2D eigenvalue weighted by Gasteiger charge is 2.33. The van der Waals surface area contributed by atoms with E-state index in [0.29, 0.717) is 18.9 Å². The number of imide groups is 1. The molecule has 5 heteroatoms. The van der Waals surface area contributed by atoms with E-state index in [4.69, 9.17) is 0 Å². The topological polar surface area (TPSA) is 52.7 Å². The highest BCUT2D eigenvalue weighted by molar-refractivity contribution is 6.00. The number of hydrogen-bond donors (Lipinski definition) is 1. The minimum Gasteiger partial charge on any atom is -0.305 e. The van der Waals surface area contributed by atoms with Gasteiger partial charge in [-0.1, -0.05) is 0 Å². The average Bonchev–Trinajstić information content (AvgIpc) is 2.65. The van der Waals surface area contributed by atoms with Crippen molar-refractivity contribution in [1.29, 1.82) is 0 Å². The Kier molecular flexibility index (Phi) is 3.25. The molecule has 2 amide bonds. The first-order valence-corrected chi connectivity index (χ1v) is 5.83. The van der Waals surface area contributed by atoms with Gasteiger partial charge in [-0.15, -0.1) is 0 Å². The first-order chi connectivity index (χ1) is 7.58. The standard InChI is InChI=1S/C11H19N3O2/c1-13-6-5-8(7-13)12-9-3-4-10(15)14(2)11(9)16/h8-9,12H,3-7H2,1-2H3. The Morgan fingerprint density at radius 2 is 2.00 bits per heavy atom. The smallest absolute Gasteiger partial charge is 0.246 e. The second kappa shape index (κ2) is 4.51. The quantitative estimate of drug-likeness (QED) is 0.639. The van der Waals surface area contributed by atoms with Crippen molar-refractivity contribution < 1.29 is 9.59 Å². The minimum absolute atomic E-state index is 0.0633. The molecule has 2 aliphatic heterocycles. The molecule has 2 heterocycles. The molecule has 0 spiro atoms. The van der Waals surface area contributed by atoms with Crippen LogP contribution in [-0.2, 0) is 9.59 Å². The van der Waals surface area contributed by atoms with E-state index in [1.54, 1.807) is 7.05 Å². The number of rotatable bonds is 2. The molecule has 2 atom stereocenters. The van der Waals surface area contributed by atoms with Crippen molar-refractivity contribution in [2.24, 2.45) is 0 Å². The molecule has 90 valence electrons. The van der Waals surface area contributed by atoms with Gasteiger partial charge in [0.25, 0.3) is 0 Å². The van der Waals surface area contributed by atoms with Crippen LogP contribution in [0, 0.1) is 0 Å². The molecule has 5 nitrogen and oxygen atoms in total. The molecule has 0 aliphatic carbocycles. The monoisotopic (exact) mass is 225 g/mol. The Bertz CT molecular complexity index is 306. The van der Waals surface area contributed by atoms with E-state index < -0.39 is 0 Å². The number of carbonyl (C=O) groups excluding carboxylic acids is 2. The summed E-state index contributed by atoms with van der Waals surface area (Å²) in [7, 11) is 3.65. The normalized spacial score (nSPS) is 32.5. The van der Waals surface area contributed by atoms with Gasteiger partial charge in [-0.25, -0.2) is 0 Å². The van der Waals surface area contributed by atoms with Gasteiger partial charge in [0, 0.05) is 26.1 Å². The van der Waals surface area contributed by atoms with Crippen LogP contribution in [0.4, 0.5) is 0 Å². The van der Waals surface area contributed by atoms with E-state index in [-0.39, 0.29) is 17.9 Å². The molecule has 2 unspecified atom stereocenters. The predicted octanol–water partition coefficient (Wildman–Crippen LogP) is -0.572. The zero-order chi connectivity index (χ0) is 11.7. The number of likely N-dealkylation sites (tertiary alicyclic amines) is 2. The highest BCUT2D eigenvalue weighted by Crippen LogP contribution is 2.14. The summed E-state index contributed by atoms with van der Waals surface area (Å²) in [5, 5.41) is 3.36. The molecule has 16 heavy (non-hydrogen) atoms. The third kappa shape index (κ3) is 2.25. The number of piperidine rings is 1. The van der Waals surface area contributed by atoms with Crippen LogP contribution in [0.15, 0.2) is 0 Å². The van der Waals surface area contributed by atoms with E-state index in [9.17, 15) is 9.59 Å². The molecule has 0 saturated carbocycles.